The van der Waals surface area contributed by atoms with E-state index in [1.165, 1.54) is 52.1 Å². The highest BCUT2D eigenvalue weighted by atomic mass is 16.6. The zero-order valence-corrected chi connectivity index (χ0v) is 26.9. The summed E-state index contributed by atoms with van der Waals surface area (Å²) in [5.41, 5.74) is 2.25. The Balaban J connectivity index is 1.30. The normalized spacial score (nSPS) is 13.5. The lowest BCUT2D eigenvalue weighted by Crippen LogP contribution is -2.42. The Hall–Kier alpha value is -4.53. The maximum atomic E-state index is 12.9. The first-order chi connectivity index (χ1) is 22.4. The van der Waals surface area contributed by atoms with Crippen molar-refractivity contribution in [2.45, 2.75) is 77.2 Å². The van der Waals surface area contributed by atoms with E-state index in [-0.39, 0.29) is 17.9 Å². The van der Waals surface area contributed by atoms with E-state index >= 15 is 0 Å². The van der Waals surface area contributed by atoms with Crippen LogP contribution < -0.4 is 24.8 Å². The van der Waals surface area contributed by atoms with Crippen molar-refractivity contribution in [3.8, 4) is 17.2 Å². The van der Waals surface area contributed by atoms with Gasteiger partial charge in [0, 0.05) is 24.2 Å². The third-order valence-electron chi connectivity index (χ3n) is 8.30. The molecule has 1 aliphatic rings. The number of carboxylic acid groups (broad SMARTS) is 1. The molecule has 1 atom stereocenters. The first-order valence-corrected chi connectivity index (χ1v) is 16.4. The van der Waals surface area contributed by atoms with Crippen molar-refractivity contribution in [1.29, 1.82) is 0 Å². The second kappa shape index (κ2) is 17.8. The Morgan fingerprint density at radius 3 is 2.24 bits per heavy atom. The number of carboxylic acids is 1. The quantitative estimate of drug-likeness (QED) is 0.0761. The fraction of sp³-hybridized carbons (Fsp3) is 0.432. The third kappa shape index (κ3) is 10.5. The van der Waals surface area contributed by atoms with Gasteiger partial charge in [-0.3, -0.25) is 4.79 Å². The van der Waals surface area contributed by atoms with Crippen LogP contribution in [0, 0.1) is 5.92 Å². The van der Waals surface area contributed by atoms with Crippen molar-refractivity contribution >= 4 is 23.5 Å². The van der Waals surface area contributed by atoms with E-state index in [0.717, 1.165) is 25.1 Å². The zero-order valence-electron chi connectivity index (χ0n) is 26.9. The second-order valence-corrected chi connectivity index (χ2v) is 11.8. The molecule has 3 aromatic carbocycles. The zero-order chi connectivity index (χ0) is 32.7. The average molecular weight is 631 g/mol. The molecule has 0 heterocycles. The van der Waals surface area contributed by atoms with Crippen LogP contribution in [0.3, 0.4) is 0 Å². The topological polar surface area (TPSA) is 123 Å². The van der Waals surface area contributed by atoms with Gasteiger partial charge in [0.1, 0.15) is 11.8 Å². The molecular formula is C37H46N2O7. The minimum atomic E-state index is -1.18. The Morgan fingerprint density at radius 2 is 1.57 bits per heavy atom. The van der Waals surface area contributed by atoms with Gasteiger partial charge in [0.2, 0.25) is 0 Å². The second-order valence-electron chi connectivity index (χ2n) is 11.8. The highest BCUT2D eigenvalue weighted by molar-refractivity contribution is 5.97. The monoisotopic (exact) mass is 630 g/mol. The number of anilines is 1. The Bertz CT molecular complexity index is 1420. The minimum absolute atomic E-state index is 0.00670. The van der Waals surface area contributed by atoms with Crippen LogP contribution in [0.4, 0.5) is 5.69 Å². The molecule has 3 N–H and O–H groups in total. The summed E-state index contributed by atoms with van der Waals surface area (Å²) in [6.07, 6.45) is 10.8. The fourth-order valence-corrected chi connectivity index (χ4v) is 5.56. The molecule has 3 aromatic rings. The first-order valence-electron chi connectivity index (χ1n) is 16.4. The van der Waals surface area contributed by atoms with Gasteiger partial charge >= 0.3 is 11.9 Å². The molecule has 9 heteroatoms. The molecule has 4 rings (SSSR count). The van der Waals surface area contributed by atoms with E-state index in [4.69, 9.17) is 14.2 Å². The lowest BCUT2D eigenvalue weighted by Gasteiger charge is -2.17. The van der Waals surface area contributed by atoms with E-state index in [9.17, 15) is 19.5 Å². The maximum Gasteiger partial charge on any atom is 0.343 e. The van der Waals surface area contributed by atoms with Crippen LogP contribution in [0.15, 0.2) is 66.7 Å². The number of esters is 1. The van der Waals surface area contributed by atoms with E-state index in [2.05, 4.69) is 17.6 Å². The first kappa shape index (κ1) is 34.3. The molecule has 0 radical (unpaired) electrons. The molecule has 246 valence electrons. The van der Waals surface area contributed by atoms with Gasteiger partial charge in [0.15, 0.2) is 11.5 Å². The predicted molar refractivity (Wildman–Crippen MR) is 178 cm³/mol. The number of rotatable bonds is 18. The number of aliphatic carboxylic acids is 1. The third-order valence-corrected chi connectivity index (χ3v) is 8.30. The number of benzene rings is 3. The Labute approximate surface area is 271 Å². The van der Waals surface area contributed by atoms with Crippen molar-refractivity contribution in [2.24, 2.45) is 5.92 Å². The summed E-state index contributed by atoms with van der Waals surface area (Å²) >= 11 is 0. The van der Waals surface area contributed by atoms with Crippen LogP contribution in [-0.2, 0) is 11.2 Å². The number of nitrogens with one attached hydrogen (secondary N) is 2. The highest BCUT2D eigenvalue weighted by Gasteiger charge is 2.23. The van der Waals surface area contributed by atoms with Crippen molar-refractivity contribution in [3.63, 3.8) is 0 Å². The summed E-state index contributed by atoms with van der Waals surface area (Å²) in [5, 5.41) is 15.9. The number of hydrogen-bond acceptors (Lipinski definition) is 7. The molecule has 9 nitrogen and oxygen atoms in total. The molecule has 0 aliphatic heterocycles. The molecular weight excluding hydrogens is 584 g/mol. The predicted octanol–water partition coefficient (Wildman–Crippen LogP) is 7.29. The van der Waals surface area contributed by atoms with Gasteiger partial charge in [0.25, 0.3) is 5.91 Å². The lowest BCUT2D eigenvalue weighted by molar-refractivity contribution is -0.139. The van der Waals surface area contributed by atoms with E-state index in [0.29, 0.717) is 35.0 Å². The Morgan fingerprint density at radius 1 is 0.870 bits per heavy atom. The molecule has 1 aliphatic carbocycles. The summed E-state index contributed by atoms with van der Waals surface area (Å²) < 4.78 is 16.8. The summed E-state index contributed by atoms with van der Waals surface area (Å²) in [5.74, 6) is -0.361. The van der Waals surface area contributed by atoms with Gasteiger partial charge < -0.3 is 30.0 Å². The molecule has 0 aromatic heterocycles. The number of unbranched alkanes of at least 4 members (excludes halogenated alkanes) is 4. The van der Waals surface area contributed by atoms with Crippen molar-refractivity contribution in [2.75, 3.05) is 25.6 Å². The Kier molecular flexibility index (Phi) is 13.3. The summed E-state index contributed by atoms with van der Waals surface area (Å²) in [6.45, 7) is 3.73. The van der Waals surface area contributed by atoms with Gasteiger partial charge in [-0.25, -0.2) is 9.59 Å². The van der Waals surface area contributed by atoms with Gasteiger partial charge in [-0.15, -0.1) is 0 Å². The summed E-state index contributed by atoms with van der Waals surface area (Å²) in [4.78, 5) is 37.8. The van der Waals surface area contributed by atoms with Crippen LogP contribution in [-0.4, -0.2) is 49.3 Å². The fourth-order valence-electron chi connectivity index (χ4n) is 5.56. The smallest absolute Gasteiger partial charge is 0.343 e. The minimum Gasteiger partial charge on any atom is -0.494 e. The molecule has 0 spiro atoms. The van der Waals surface area contributed by atoms with Crippen LogP contribution in [0.5, 0.6) is 17.2 Å². The van der Waals surface area contributed by atoms with Crippen LogP contribution in [0.25, 0.3) is 0 Å². The van der Waals surface area contributed by atoms with Gasteiger partial charge in [-0.1, -0.05) is 51.5 Å². The number of carbonyl (C=O) groups excluding carboxylic acids is 2. The number of ether oxygens (including phenoxy) is 3. The SMILES string of the molecule is CCCCCCCOc1ccc(C(=O)Oc2ccc(CC(NC(=O)c3ccc(NCC4CCCC4)cc3)C(=O)O)cc2OC)cc1. The van der Waals surface area contributed by atoms with Crippen molar-refractivity contribution in [3.05, 3.63) is 83.4 Å². The van der Waals surface area contributed by atoms with E-state index in [1.807, 2.05) is 12.1 Å². The number of carbonyl (C=O) groups is 3. The van der Waals surface area contributed by atoms with Gasteiger partial charge in [-0.2, -0.15) is 0 Å². The average Bonchev–Trinajstić information content (AvgIpc) is 3.60. The van der Waals surface area contributed by atoms with E-state index < -0.39 is 23.9 Å². The molecule has 0 saturated heterocycles. The number of hydrogen-bond donors (Lipinski definition) is 3. The van der Waals surface area contributed by atoms with Crippen LogP contribution in [0.2, 0.25) is 0 Å². The maximum absolute atomic E-state index is 12.9. The summed E-state index contributed by atoms with van der Waals surface area (Å²) in [6, 6.07) is 17.5. The largest absolute Gasteiger partial charge is 0.494 e. The van der Waals surface area contributed by atoms with Gasteiger partial charge in [0.05, 0.1) is 19.3 Å². The number of amides is 1. The highest BCUT2D eigenvalue weighted by Crippen LogP contribution is 2.30. The van der Waals surface area contributed by atoms with Gasteiger partial charge in [-0.05, 0) is 91.4 Å². The molecule has 1 fully saturated rings. The van der Waals surface area contributed by atoms with Crippen molar-refractivity contribution < 1.29 is 33.7 Å². The molecule has 1 saturated carbocycles. The lowest BCUT2D eigenvalue weighted by atomic mass is 10.0. The number of methoxy groups -OCH3 is 1. The molecule has 1 unspecified atom stereocenters. The standard InChI is InChI=1S/C37H46N2O7/c1-3-4-5-6-9-22-45-31-19-15-29(16-20-31)37(43)46-33-21-12-27(24-34(33)44-2)23-32(36(41)42)39-35(40)28-13-17-30(18-14-28)38-25-26-10-7-8-11-26/h12-21,24,26,32,38H,3-11,22-23,25H2,1-2H3,(H,39,40)(H,41,42). The van der Waals surface area contributed by atoms with Crippen LogP contribution >= 0.6 is 0 Å². The van der Waals surface area contributed by atoms with Crippen LogP contribution in [0.1, 0.15) is 91.0 Å². The molecule has 1 amide bonds. The summed E-state index contributed by atoms with van der Waals surface area (Å²) in [7, 11) is 1.44. The molecule has 46 heavy (non-hydrogen) atoms. The van der Waals surface area contributed by atoms with E-state index in [1.54, 1.807) is 54.6 Å². The van der Waals surface area contributed by atoms with Crippen molar-refractivity contribution in [1.82, 2.24) is 5.32 Å². The molecule has 0 bridgehead atoms.